The second kappa shape index (κ2) is 8.47. The van der Waals surface area contributed by atoms with Crippen molar-refractivity contribution in [2.75, 3.05) is 7.11 Å². The molecule has 0 aliphatic carbocycles. The maximum absolute atomic E-state index is 12.8. The van der Waals surface area contributed by atoms with Crippen LogP contribution in [-0.4, -0.2) is 29.6 Å². The third-order valence-electron chi connectivity index (χ3n) is 3.92. The number of carbonyl (C=O) groups is 1. The zero-order valence-corrected chi connectivity index (χ0v) is 15.6. The highest BCUT2D eigenvalue weighted by molar-refractivity contribution is 8.15. The summed E-state index contributed by atoms with van der Waals surface area (Å²) in [6, 6.07) is 12.1. The van der Waals surface area contributed by atoms with Crippen LogP contribution >= 0.6 is 11.8 Å². The SMILES string of the molecule is COc1ccc(/C=N/N=C2\NC(=O)C(Cc3cccc(C(F)(F)F)c3)S2)cc1. The van der Waals surface area contributed by atoms with Crippen LogP contribution in [0.4, 0.5) is 13.2 Å². The van der Waals surface area contributed by atoms with Gasteiger partial charge in [-0.15, -0.1) is 5.10 Å². The number of halogens is 3. The summed E-state index contributed by atoms with van der Waals surface area (Å²) in [5.74, 6) is 0.417. The number of ether oxygens (including phenoxy) is 1. The van der Waals surface area contributed by atoms with E-state index in [1.165, 1.54) is 12.3 Å². The molecule has 1 aliphatic heterocycles. The van der Waals surface area contributed by atoms with Gasteiger partial charge in [0, 0.05) is 0 Å². The highest BCUT2D eigenvalue weighted by atomic mass is 32.2. The highest BCUT2D eigenvalue weighted by Gasteiger charge is 2.33. The quantitative estimate of drug-likeness (QED) is 0.604. The molecule has 1 heterocycles. The largest absolute Gasteiger partial charge is 0.497 e. The van der Waals surface area contributed by atoms with E-state index >= 15 is 0 Å². The van der Waals surface area contributed by atoms with Crippen molar-refractivity contribution < 1.29 is 22.7 Å². The molecule has 2 aromatic rings. The number of rotatable bonds is 5. The standard InChI is InChI=1S/C19H16F3N3O2S/c1-27-15-7-5-12(6-8-15)11-23-25-18-24-17(26)16(28-18)10-13-3-2-4-14(9-13)19(20,21)22/h2-9,11,16H,10H2,1H3,(H,24,25,26)/b23-11+. The predicted octanol–water partition coefficient (Wildman–Crippen LogP) is 3.88. The molecule has 1 N–H and O–H groups in total. The van der Waals surface area contributed by atoms with Gasteiger partial charge in [-0.2, -0.15) is 18.3 Å². The number of nitrogens with one attached hydrogen (secondary N) is 1. The third-order valence-corrected chi connectivity index (χ3v) is 5.00. The predicted molar refractivity (Wildman–Crippen MR) is 103 cm³/mol. The number of amidine groups is 1. The zero-order valence-electron chi connectivity index (χ0n) is 14.7. The smallest absolute Gasteiger partial charge is 0.416 e. The monoisotopic (exact) mass is 407 g/mol. The Balaban J connectivity index is 1.63. The van der Waals surface area contributed by atoms with Crippen LogP contribution in [0, 0.1) is 0 Å². The lowest BCUT2D eigenvalue weighted by atomic mass is 10.1. The van der Waals surface area contributed by atoms with Gasteiger partial charge in [-0.25, -0.2) is 0 Å². The lowest BCUT2D eigenvalue weighted by molar-refractivity contribution is -0.137. The molecule has 1 saturated heterocycles. The second-order valence-electron chi connectivity index (χ2n) is 5.92. The summed E-state index contributed by atoms with van der Waals surface area (Å²) < 4.78 is 43.5. The Kier molecular flexibility index (Phi) is 6.03. The molecule has 1 atom stereocenters. The van der Waals surface area contributed by atoms with Gasteiger partial charge < -0.3 is 10.1 Å². The molecule has 9 heteroatoms. The minimum Gasteiger partial charge on any atom is -0.497 e. The van der Waals surface area contributed by atoms with E-state index in [0.717, 1.165) is 35.2 Å². The van der Waals surface area contributed by atoms with Crippen LogP contribution in [0.15, 0.2) is 58.7 Å². The van der Waals surface area contributed by atoms with Crippen molar-refractivity contribution in [1.82, 2.24) is 5.32 Å². The molecule has 5 nitrogen and oxygen atoms in total. The third kappa shape index (κ3) is 5.13. The van der Waals surface area contributed by atoms with Gasteiger partial charge in [0.1, 0.15) is 5.75 Å². The first-order chi connectivity index (χ1) is 13.3. The summed E-state index contributed by atoms with van der Waals surface area (Å²) >= 11 is 1.14. The molecule has 146 valence electrons. The van der Waals surface area contributed by atoms with E-state index < -0.39 is 17.0 Å². The molecule has 28 heavy (non-hydrogen) atoms. The first-order valence-corrected chi connectivity index (χ1v) is 9.12. The molecule has 1 amide bonds. The Hall–Kier alpha value is -2.81. The number of benzene rings is 2. The summed E-state index contributed by atoms with van der Waals surface area (Å²) in [6.45, 7) is 0. The van der Waals surface area contributed by atoms with E-state index in [9.17, 15) is 18.0 Å². The van der Waals surface area contributed by atoms with Crippen molar-refractivity contribution in [1.29, 1.82) is 0 Å². The zero-order chi connectivity index (χ0) is 20.1. The van der Waals surface area contributed by atoms with Gasteiger partial charge in [-0.1, -0.05) is 30.0 Å². The lowest BCUT2D eigenvalue weighted by Crippen LogP contribution is -2.26. The van der Waals surface area contributed by atoms with Crippen molar-refractivity contribution in [2.45, 2.75) is 17.8 Å². The fraction of sp³-hybridized carbons (Fsp3) is 0.211. The number of hydrogen-bond acceptors (Lipinski definition) is 5. The van der Waals surface area contributed by atoms with E-state index in [-0.39, 0.29) is 12.3 Å². The van der Waals surface area contributed by atoms with E-state index in [4.69, 9.17) is 4.74 Å². The normalized spacial score (nSPS) is 18.6. The topological polar surface area (TPSA) is 63.1 Å². The van der Waals surface area contributed by atoms with Crippen molar-refractivity contribution in [3.63, 3.8) is 0 Å². The molecule has 0 aromatic heterocycles. The maximum atomic E-state index is 12.8. The molecule has 1 unspecified atom stereocenters. The Morgan fingerprint density at radius 2 is 1.96 bits per heavy atom. The number of amides is 1. The lowest BCUT2D eigenvalue weighted by Gasteiger charge is -2.10. The van der Waals surface area contributed by atoms with Gasteiger partial charge >= 0.3 is 6.18 Å². The van der Waals surface area contributed by atoms with Crippen molar-refractivity contribution in [2.24, 2.45) is 10.2 Å². The minimum absolute atomic E-state index is 0.168. The van der Waals surface area contributed by atoms with Gasteiger partial charge in [0.15, 0.2) is 5.17 Å². The molecular formula is C19H16F3N3O2S. The van der Waals surface area contributed by atoms with E-state index in [0.29, 0.717) is 10.7 Å². The molecule has 0 radical (unpaired) electrons. The summed E-state index contributed by atoms with van der Waals surface area (Å²) in [7, 11) is 1.57. The van der Waals surface area contributed by atoms with Gasteiger partial charge in [-0.05, 0) is 47.9 Å². The Morgan fingerprint density at radius 3 is 2.64 bits per heavy atom. The Morgan fingerprint density at radius 1 is 1.21 bits per heavy atom. The minimum atomic E-state index is -4.41. The average Bonchev–Trinajstić information content (AvgIpc) is 3.01. The number of carbonyl (C=O) groups excluding carboxylic acids is 1. The molecular weight excluding hydrogens is 391 g/mol. The number of thioether (sulfide) groups is 1. The molecule has 0 bridgehead atoms. The van der Waals surface area contributed by atoms with Gasteiger partial charge in [0.25, 0.3) is 0 Å². The van der Waals surface area contributed by atoms with E-state index in [1.807, 2.05) is 0 Å². The van der Waals surface area contributed by atoms with Gasteiger partial charge in [-0.3, -0.25) is 4.79 Å². The van der Waals surface area contributed by atoms with E-state index in [2.05, 4.69) is 15.5 Å². The van der Waals surface area contributed by atoms with Gasteiger partial charge in [0.05, 0.1) is 24.1 Å². The summed E-state index contributed by atoms with van der Waals surface area (Å²) in [5.41, 5.74) is 0.511. The fourth-order valence-electron chi connectivity index (χ4n) is 2.51. The Bertz CT molecular complexity index is 911. The van der Waals surface area contributed by atoms with Crippen LogP contribution in [0.1, 0.15) is 16.7 Å². The summed E-state index contributed by atoms with van der Waals surface area (Å²) in [5, 5.41) is 10.3. The molecule has 0 spiro atoms. The van der Waals surface area contributed by atoms with Gasteiger partial charge in [0.2, 0.25) is 5.91 Å². The van der Waals surface area contributed by atoms with Crippen molar-refractivity contribution >= 4 is 29.1 Å². The van der Waals surface area contributed by atoms with Crippen LogP contribution in [-0.2, 0) is 17.4 Å². The van der Waals surface area contributed by atoms with Crippen LogP contribution in [0.2, 0.25) is 0 Å². The number of hydrogen-bond donors (Lipinski definition) is 1. The van der Waals surface area contributed by atoms with Crippen molar-refractivity contribution in [3.8, 4) is 5.75 Å². The average molecular weight is 407 g/mol. The summed E-state index contributed by atoms with van der Waals surface area (Å²) in [6.07, 6.45) is -2.72. The molecule has 1 aliphatic rings. The molecule has 2 aromatic carbocycles. The first-order valence-electron chi connectivity index (χ1n) is 8.24. The summed E-state index contributed by atoms with van der Waals surface area (Å²) in [4.78, 5) is 12.1. The van der Waals surface area contributed by atoms with Crippen molar-refractivity contribution in [3.05, 3.63) is 65.2 Å². The highest BCUT2D eigenvalue weighted by Crippen LogP contribution is 2.31. The number of methoxy groups -OCH3 is 1. The number of nitrogens with zero attached hydrogens (tertiary/aromatic N) is 2. The second-order valence-corrected chi connectivity index (χ2v) is 7.11. The van der Waals surface area contributed by atoms with Crippen LogP contribution < -0.4 is 10.1 Å². The number of alkyl halides is 3. The first kappa shape index (κ1) is 19.9. The molecule has 3 rings (SSSR count). The van der Waals surface area contributed by atoms with Crippen LogP contribution in [0.3, 0.4) is 0 Å². The molecule has 1 fully saturated rings. The Labute approximate surface area is 163 Å². The molecule has 0 saturated carbocycles. The van der Waals surface area contributed by atoms with Crippen LogP contribution in [0.5, 0.6) is 5.75 Å². The fourth-order valence-corrected chi connectivity index (χ4v) is 3.48. The van der Waals surface area contributed by atoms with E-state index in [1.54, 1.807) is 37.4 Å². The maximum Gasteiger partial charge on any atom is 0.416 e. The van der Waals surface area contributed by atoms with Crippen LogP contribution in [0.25, 0.3) is 0 Å².